The second-order valence-corrected chi connectivity index (χ2v) is 8.03. The number of halogens is 4. The van der Waals surface area contributed by atoms with Gasteiger partial charge in [-0.3, -0.25) is 5.01 Å². The van der Waals surface area contributed by atoms with E-state index in [9.17, 15) is 22.7 Å². The number of phenols is 1. The third-order valence-corrected chi connectivity index (χ3v) is 6.12. The number of fused-ring (bicyclic) bond motifs is 1. The molecule has 3 N–H and O–H groups in total. The molecule has 2 aromatic rings. The summed E-state index contributed by atoms with van der Waals surface area (Å²) >= 11 is 0. The van der Waals surface area contributed by atoms with Crippen LogP contribution in [-0.2, 0) is 10.9 Å². The maximum absolute atomic E-state index is 14.0. The Morgan fingerprint density at radius 2 is 1.67 bits per heavy atom. The standard InChI is InChI=1S/C20H20F4N4O2/c21-17-15(29)9-14-18(16(17)20(22,23)24)25-26-28(14)13-3-1-12(2-4-13)27-10-19(11-27)5-7-30-8-6-19/h1-4,9,25-26,29H,5-8,10-11H2. The van der Waals surface area contributed by atoms with Gasteiger partial charge in [-0.05, 0) is 37.1 Å². The highest BCUT2D eigenvalue weighted by Crippen LogP contribution is 2.48. The maximum Gasteiger partial charge on any atom is 0.421 e. The molecule has 2 fully saturated rings. The van der Waals surface area contributed by atoms with E-state index in [-0.39, 0.29) is 5.69 Å². The van der Waals surface area contributed by atoms with Crippen molar-refractivity contribution < 1.29 is 27.4 Å². The van der Waals surface area contributed by atoms with Gasteiger partial charge in [-0.15, -0.1) is 5.53 Å². The van der Waals surface area contributed by atoms with Crippen molar-refractivity contribution in [3.63, 3.8) is 0 Å². The van der Waals surface area contributed by atoms with Crippen molar-refractivity contribution in [3.05, 3.63) is 41.7 Å². The Kier molecular flexibility index (Phi) is 4.26. The molecule has 3 aliphatic heterocycles. The molecular formula is C20H20F4N4O2. The predicted molar refractivity (Wildman–Crippen MR) is 103 cm³/mol. The van der Waals surface area contributed by atoms with E-state index < -0.39 is 29.0 Å². The number of hydrogen-bond acceptors (Lipinski definition) is 6. The Bertz CT molecular complexity index is 966. The smallest absolute Gasteiger partial charge is 0.421 e. The number of alkyl halides is 3. The average molecular weight is 424 g/mol. The predicted octanol–water partition coefficient (Wildman–Crippen LogP) is 4.15. The summed E-state index contributed by atoms with van der Waals surface area (Å²) in [5.41, 5.74) is 4.86. The van der Waals surface area contributed by atoms with E-state index in [1.807, 2.05) is 12.1 Å². The summed E-state index contributed by atoms with van der Waals surface area (Å²) < 4.78 is 59.3. The molecule has 1 spiro atoms. The first kappa shape index (κ1) is 19.3. The lowest BCUT2D eigenvalue weighted by atomic mass is 9.73. The number of hydrogen-bond donors (Lipinski definition) is 3. The molecule has 0 amide bonds. The summed E-state index contributed by atoms with van der Waals surface area (Å²) in [6.07, 6.45) is -2.84. The van der Waals surface area contributed by atoms with Gasteiger partial charge in [0.25, 0.3) is 0 Å². The van der Waals surface area contributed by atoms with Crippen molar-refractivity contribution in [2.24, 2.45) is 5.41 Å². The second kappa shape index (κ2) is 6.64. The summed E-state index contributed by atoms with van der Waals surface area (Å²) in [4.78, 5) is 2.27. The molecule has 0 aliphatic carbocycles. The minimum atomic E-state index is -4.96. The molecule has 6 nitrogen and oxygen atoms in total. The van der Waals surface area contributed by atoms with Gasteiger partial charge < -0.3 is 20.2 Å². The van der Waals surface area contributed by atoms with Crippen LogP contribution in [0.1, 0.15) is 18.4 Å². The summed E-state index contributed by atoms with van der Waals surface area (Å²) in [7, 11) is 0. The molecule has 0 aromatic heterocycles. The van der Waals surface area contributed by atoms with Crippen LogP contribution in [0.15, 0.2) is 30.3 Å². The fourth-order valence-electron chi connectivity index (χ4n) is 4.45. The Balaban J connectivity index is 1.38. The number of benzene rings is 2. The number of ether oxygens (including phenoxy) is 1. The van der Waals surface area contributed by atoms with Crippen molar-refractivity contribution >= 4 is 22.7 Å². The van der Waals surface area contributed by atoms with Crippen molar-refractivity contribution in [3.8, 4) is 5.75 Å². The van der Waals surface area contributed by atoms with Crippen LogP contribution in [0.4, 0.5) is 40.3 Å². The molecule has 30 heavy (non-hydrogen) atoms. The van der Waals surface area contributed by atoms with Crippen LogP contribution in [0.25, 0.3) is 0 Å². The highest BCUT2D eigenvalue weighted by atomic mass is 19.4. The molecule has 2 saturated heterocycles. The van der Waals surface area contributed by atoms with E-state index >= 15 is 0 Å². The summed E-state index contributed by atoms with van der Waals surface area (Å²) in [6, 6.07) is 8.29. The first-order chi connectivity index (χ1) is 14.3. The number of rotatable bonds is 2. The second-order valence-electron chi connectivity index (χ2n) is 8.03. The lowest BCUT2D eigenvalue weighted by molar-refractivity contribution is -0.139. The molecule has 0 unspecified atom stereocenters. The number of nitrogens with zero attached hydrogens (tertiary/aromatic N) is 2. The van der Waals surface area contributed by atoms with Gasteiger partial charge in [0.05, 0.1) is 17.1 Å². The molecule has 3 aliphatic rings. The molecule has 0 bridgehead atoms. The summed E-state index contributed by atoms with van der Waals surface area (Å²) in [5.74, 6) is -2.76. The SMILES string of the molecule is Oc1cc2c(c(C(F)(F)F)c1F)NNN2c1ccc(N2CC3(CCOCC3)C2)cc1. The van der Waals surface area contributed by atoms with Gasteiger partial charge >= 0.3 is 6.18 Å². The maximum atomic E-state index is 14.0. The Morgan fingerprint density at radius 1 is 1.03 bits per heavy atom. The average Bonchev–Trinajstić information content (AvgIpc) is 3.09. The highest BCUT2D eigenvalue weighted by molar-refractivity contribution is 5.84. The van der Waals surface area contributed by atoms with Crippen molar-refractivity contribution in [1.29, 1.82) is 0 Å². The normalized spacial score (nSPS) is 20.1. The van der Waals surface area contributed by atoms with E-state index in [4.69, 9.17) is 4.74 Å². The molecule has 160 valence electrons. The van der Waals surface area contributed by atoms with Crippen LogP contribution in [0.5, 0.6) is 5.75 Å². The Hall–Kier alpha value is -2.72. The largest absolute Gasteiger partial charge is 0.505 e. The molecule has 2 aromatic carbocycles. The molecule has 0 saturated carbocycles. The van der Waals surface area contributed by atoms with E-state index in [1.165, 1.54) is 5.01 Å². The van der Waals surface area contributed by atoms with Crippen LogP contribution in [0.2, 0.25) is 0 Å². The number of aromatic hydroxyl groups is 1. The lowest BCUT2D eigenvalue weighted by Gasteiger charge is -2.53. The zero-order valence-electron chi connectivity index (χ0n) is 15.9. The van der Waals surface area contributed by atoms with Gasteiger partial charge in [0.2, 0.25) is 0 Å². The zero-order chi connectivity index (χ0) is 21.1. The van der Waals surface area contributed by atoms with E-state index in [2.05, 4.69) is 15.9 Å². The van der Waals surface area contributed by atoms with Gasteiger partial charge in [0.1, 0.15) is 5.56 Å². The fraction of sp³-hybridized carbons (Fsp3) is 0.400. The van der Waals surface area contributed by atoms with Crippen molar-refractivity contribution in [1.82, 2.24) is 5.53 Å². The first-order valence-corrected chi connectivity index (χ1v) is 9.65. The molecule has 0 radical (unpaired) electrons. The molecule has 5 rings (SSSR count). The minimum absolute atomic E-state index is 0.0147. The van der Waals surface area contributed by atoms with Gasteiger partial charge in [0, 0.05) is 43.5 Å². The van der Waals surface area contributed by atoms with Crippen molar-refractivity contribution in [2.45, 2.75) is 19.0 Å². The fourth-order valence-corrected chi connectivity index (χ4v) is 4.45. The Morgan fingerprint density at radius 3 is 2.30 bits per heavy atom. The van der Waals surface area contributed by atoms with Crippen LogP contribution in [-0.4, -0.2) is 31.4 Å². The van der Waals surface area contributed by atoms with Gasteiger partial charge in [-0.25, -0.2) is 4.39 Å². The van der Waals surface area contributed by atoms with Crippen molar-refractivity contribution in [2.75, 3.05) is 41.6 Å². The lowest BCUT2D eigenvalue weighted by Crippen LogP contribution is -2.58. The van der Waals surface area contributed by atoms with Gasteiger partial charge in [0.15, 0.2) is 11.6 Å². The van der Waals surface area contributed by atoms with Crippen LogP contribution >= 0.6 is 0 Å². The molecule has 0 atom stereocenters. The number of hydrazine groups is 2. The number of anilines is 4. The van der Waals surface area contributed by atoms with Crippen LogP contribution in [0, 0.1) is 11.2 Å². The third kappa shape index (κ3) is 3.02. The first-order valence-electron chi connectivity index (χ1n) is 9.65. The van der Waals surface area contributed by atoms with E-state index in [1.54, 1.807) is 12.1 Å². The topological polar surface area (TPSA) is 60.0 Å². The third-order valence-electron chi connectivity index (χ3n) is 6.12. The quantitative estimate of drug-likeness (QED) is 0.498. The van der Waals surface area contributed by atoms with Crippen LogP contribution < -0.4 is 20.9 Å². The van der Waals surface area contributed by atoms with Gasteiger partial charge in [-0.1, -0.05) is 0 Å². The van der Waals surface area contributed by atoms with E-state index in [0.717, 1.165) is 50.9 Å². The van der Waals surface area contributed by atoms with E-state index in [0.29, 0.717) is 11.1 Å². The van der Waals surface area contributed by atoms with Gasteiger partial charge in [-0.2, -0.15) is 13.2 Å². The number of nitrogens with one attached hydrogen (secondary N) is 2. The molecule has 10 heteroatoms. The number of phenolic OH excluding ortho intramolecular Hbond substituents is 1. The zero-order valence-corrected chi connectivity index (χ0v) is 15.9. The Labute approximate surface area is 170 Å². The molecular weight excluding hydrogens is 404 g/mol. The monoisotopic (exact) mass is 424 g/mol. The highest BCUT2D eigenvalue weighted by Gasteiger charge is 2.44. The minimum Gasteiger partial charge on any atom is -0.505 e. The summed E-state index contributed by atoms with van der Waals surface area (Å²) in [5, 5.41) is 11.0. The van der Waals surface area contributed by atoms with Crippen LogP contribution in [0.3, 0.4) is 0 Å². The summed E-state index contributed by atoms with van der Waals surface area (Å²) in [6.45, 7) is 3.52. The molecule has 3 heterocycles.